The third-order valence-electron chi connectivity index (χ3n) is 6.75. The number of amides is 1. The number of nitrogens with zero attached hydrogens (tertiary/aromatic N) is 3. The Hall–Kier alpha value is -2.58. The molecule has 8 heteroatoms. The van der Waals surface area contributed by atoms with Crippen molar-refractivity contribution in [2.24, 2.45) is 0 Å². The second-order valence-corrected chi connectivity index (χ2v) is 9.05. The molecule has 1 saturated heterocycles. The first-order chi connectivity index (χ1) is 15.7. The largest absolute Gasteiger partial charge is 0.416 e. The van der Waals surface area contributed by atoms with Crippen molar-refractivity contribution in [3.8, 4) is 0 Å². The maximum absolute atomic E-state index is 12.8. The molecule has 2 aliphatic rings. The molecule has 2 aromatic carbocycles. The van der Waals surface area contributed by atoms with Crippen LogP contribution in [-0.2, 0) is 12.6 Å². The Morgan fingerprint density at radius 2 is 1.70 bits per heavy atom. The van der Waals surface area contributed by atoms with Gasteiger partial charge in [0.15, 0.2) is 0 Å². The lowest BCUT2D eigenvalue weighted by atomic mass is 9.95. The molecule has 0 radical (unpaired) electrons. The van der Waals surface area contributed by atoms with E-state index in [0.29, 0.717) is 6.54 Å². The van der Waals surface area contributed by atoms with Gasteiger partial charge in [-0.15, -0.1) is 0 Å². The van der Waals surface area contributed by atoms with Gasteiger partial charge in [0.25, 0.3) is 5.91 Å². The normalized spacial score (nSPS) is 18.6. The molecular formula is C25H31F3N4O. The molecule has 1 atom stereocenters. The van der Waals surface area contributed by atoms with E-state index < -0.39 is 11.7 Å². The first-order valence-electron chi connectivity index (χ1n) is 11.4. The number of fused-ring (bicyclic) bond motifs is 1. The Labute approximate surface area is 193 Å². The Balaban J connectivity index is 1.51. The fraction of sp³-hybridized carbons (Fsp3) is 0.480. The summed E-state index contributed by atoms with van der Waals surface area (Å²) in [5.74, 6) is -0.361. The van der Waals surface area contributed by atoms with Gasteiger partial charge in [-0.3, -0.25) is 9.69 Å². The van der Waals surface area contributed by atoms with Crippen LogP contribution in [0.5, 0.6) is 0 Å². The van der Waals surface area contributed by atoms with E-state index in [4.69, 9.17) is 0 Å². The molecule has 0 aliphatic carbocycles. The lowest BCUT2D eigenvalue weighted by molar-refractivity contribution is -0.137. The van der Waals surface area contributed by atoms with E-state index in [9.17, 15) is 18.0 Å². The Bertz CT molecular complexity index is 969. The van der Waals surface area contributed by atoms with Crippen LogP contribution in [0.4, 0.5) is 18.9 Å². The molecule has 1 N–H and O–H groups in total. The number of anilines is 1. The van der Waals surface area contributed by atoms with Crippen molar-refractivity contribution in [3.05, 3.63) is 64.7 Å². The Kier molecular flexibility index (Phi) is 6.95. The average molecular weight is 461 g/mol. The number of likely N-dealkylation sites (N-methyl/N-ethyl adjacent to an activating group) is 1. The molecule has 1 fully saturated rings. The summed E-state index contributed by atoms with van der Waals surface area (Å²) in [5, 5.41) is 2.97. The summed E-state index contributed by atoms with van der Waals surface area (Å²) in [4.78, 5) is 19.7. The number of carbonyl (C=O) groups is 1. The van der Waals surface area contributed by atoms with Gasteiger partial charge in [-0.05, 0) is 61.3 Å². The smallest absolute Gasteiger partial charge is 0.374 e. The molecule has 4 rings (SSSR count). The number of hydrogen-bond donors (Lipinski definition) is 1. The predicted molar refractivity (Wildman–Crippen MR) is 124 cm³/mol. The zero-order valence-electron chi connectivity index (χ0n) is 19.2. The topological polar surface area (TPSA) is 38.8 Å². The van der Waals surface area contributed by atoms with E-state index >= 15 is 0 Å². The Morgan fingerprint density at radius 1 is 1.00 bits per heavy atom. The van der Waals surface area contributed by atoms with Gasteiger partial charge >= 0.3 is 6.18 Å². The highest BCUT2D eigenvalue weighted by Crippen LogP contribution is 2.31. The van der Waals surface area contributed by atoms with E-state index in [1.807, 2.05) is 0 Å². The third kappa shape index (κ3) is 5.50. The summed E-state index contributed by atoms with van der Waals surface area (Å²) in [6, 6.07) is 11.0. The number of nitrogens with one attached hydrogen (secondary N) is 1. The maximum atomic E-state index is 12.8. The van der Waals surface area contributed by atoms with E-state index in [-0.39, 0.29) is 17.5 Å². The highest BCUT2D eigenvalue weighted by Gasteiger charge is 2.30. The SMILES string of the molecule is CN1CCN([C@@H](CNC(=O)c2ccc(C(F)(F)F)cc2)c2ccc3c(c2)CCCN3C)CC1. The number of benzene rings is 2. The number of piperazine rings is 1. The van der Waals surface area contributed by atoms with E-state index in [1.54, 1.807) is 0 Å². The molecule has 178 valence electrons. The maximum Gasteiger partial charge on any atom is 0.416 e. The van der Waals surface area contributed by atoms with Crippen molar-refractivity contribution in [1.29, 1.82) is 0 Å². The highest BCUT2D eigenvalue weighted by molar-refractivity contribution is 5.94. The number of rotatable bonds is 5. The van der Waals surface area contributed by atoms with Crippen LogP contribution >= 0.6 is 0 Å². The lowest BCUT2D eigenvalue weighted by Crippen LogP contribution is -2.48. The Morgan fingerprint density at radius 3 is 2.36 bits per heavy atom. The quantitative estimate of drug-likeness (QED) is 0.737. The minimum Gasteiger partial charge on any atom is -0.374 e. The molecule has 0 unspecified atom stereocenters. The number of halogens is 3. The van der Waals surface area contributed by atoms with Gasteiger partial charge in [0.2, 0.25) is 0 Å². The molecule has 33 heavy (non-hydrogen) atoms. The predicted octanol–water partition coefficient (Wildman–Crippen LogP) is 3.81. The average Bonchev–Trinajstić information content (AvgIpc) is 2.80. The number of alkyl halides is 3. The fourth-order valence-corrected chi connectivity index (χ4v) is 4.71. The standard InChI is InChI=1S/C25H31F3N4O/c1-30-12-14-32(15-13-30)23(20-7-10-22-19(16-20)4-3-11-31(22)2)17-29-24(33)18-5-8-21(9-6-18)25(26,27)28/h5-10,16,23H,3-4,11-15,17H2,1-2H3,(H,29,33)/t23-/m0/s1. The fourth-order valence-electron chi connectivity index (χ4n) is 4.71. The summed E-state index contributed by atoms with van der Waals surface area (Å²) in [7, 11) is 4.22. The molecule has 5 nitrogen and oxygen atoms in total. The van der Waals surface area contributed by atoms with Crippen molar-refractivity contribution in [3.63, 3.8) is 0 Å². The van der Waals surface area contributed by atoms with Crippen molar-refractivity contribution >= 4 is 11.6 Å². The minimum atomic E-state index is -4.41. The minimum absolute atomic E-state index is 0.00892. The molecule has 0 saturated carbocycles. The monoisotopic (exact) mass is 460 g/mol. The second-order valence-electron chi connectivity index (χ2n) is 9.05. The summed E-state index contributed by atoms with van der Waals surface area (Å²) < 4.78 is 38.5. The highest BCUT2D eigenvalue weighted by atomic mass is 19.4. The summed E-state index contributed by atoms with van der Waals surface area (Å²) >= 11 is 0. The van der Waals surface area contributed by atoms with Crippen LogP contribution in [0.2, 0.25) is 0 Å². The summed E-state index contributed by atoms with van der Waals surface area (Å²) in [5.41, 5.74) is 3.23. The number of hydrogen-bond acceptors (Lipinski definition) is 4. The van der Waals surface area contributed by atoms with E-state index in [1.165, 1.54) is 28.9 Å². The molecule has 0 aromatic heterocycles. The van der Waals surface area contributed by atoms with Crippen LogP contribution in [0.15, 0.2) is 42.5 Å². The van der Waals surface area contributed by atoms with Crippen LogP contribution < -0.4 is 10.2 Å². The van der Waals surface area contributed by atoms with Crippen LogP contribution in [0.3, 0.4) is 0 Å². The molecular weight excluding hydrogens is 429 g/mol. The van der Waals surface area contributed by atoms with Crippen LogP contribution in [0, 0.1) is 0 Å². The molecule has 1 amide bonds. The molecule has 0 bridgehead atoms. The van der Waals surface area contributed by atoms with Gasteiger partial charge in [0.1, 0.15) is 0 Å². The van der Waals surface area contributed by atoms with Gasteiger partial charge in [-0.2, -0.15) is 13.2 Å². The first-order valence-corrected chi connectivity index (χ1v) is 11.4. The van der Waals surface area contributed by atoms with Crippen LogP contribution in [0.25, 0.3) is 0 Å². The van der Waals surface area contributed by atoms with E-state index in [0.717, 1.165) is 57.7 Å². The van der Waals surface area contributed by atoms with E-state index in [2.05, 4.69) is 52.3 Å². The number of carbonyl (C=O) groups excluding carboxylic acids is 1. The van der Waals surface area contributed by atoms with Gasteiger partial charge < -0.3 is 15.1 Å². The zero-order valence-corrected chi connectivity index (χ0v) is 19.2. The first kappa shape index (κ1) is 23.6. The van der Waals surface area contributed by atoms with Crippen LogP contribution in [-0.4, -0.2) is 69.1 Å². The molecule has 2 aromatic rings. The van der Waals surface area contributed by atoms with Gasteiger partial charge in [-0.1, -0.05) is 12.1 Å². The van der Waals surface area contributed by atoms with Gasteiger partial charge in [-0.25, -0.2) is 0 Å². The van der Waals surface area contributed by atoms with Crippen molar-refractivity contribution in [2.75, 3.05) is 58.3 Å². The van der Waals surface area contributed by atoms with Gasteiger partial charge in [0, 0.05) is 57.6 Å². The van der Waals surface area contributed by atoms with Crippen molar-refractivity contribution in [2.45, 2.75) is 25.1 Å². The summed E-state index contributed by atoms with van der Waals surface area (Å²) in [6.07, 6.45) is -2.25. The summed E-state index contributed by atoms with van der Waals surface area (Å²) in [6.45, 7) is 5.16. The molecule has 2 aliphatic heterocycles. The molecule has 2 heterocycles. The van der Waals surface area contributed by atoms with Crippen molar-refractivity contribution < 1.29 is 18.0 Å². The third-order valence-corrected chi connectivity index (χ3v) is 6.75. The lowest BCUT2D eigenvalue weighted by Gasteiger charge is -2.39. The van der Waals surface area contributed by atoms with Crippen LogP contribution in [0.1, 0.15) is 39.5 Å². The number of aryl methyl sites for hydroxylation is 1. The zero-order chi connectivity index (χ0) is 23.6. The second kappa shape index (κ2) is 9.73. The van der Waals surface area contributed by atoms with Crippen molar-refractivity contribution in [1.82, 2.24) is 15.1 Å². The van der Waals surface area contributed by atoms with Gasteiger partial charge in [0.05, 0.1) is 11.6 Å². The molecule has 0 spiro atoms.